The fourth-order valence-corrected chi connectivity index (χ4v) is 2.46. The van der Waals surface area contributed by atoms with E-state index in [9.17, 15) is 14.0 Å². The van der Waals surface area contributed by atoms with Crippen molar-refractivity contribution in [3.05, 3.63) is 29.6 Å². The maximum absolute atomic E-state index is 13.7. The van der Waals surface area contributed by atoms with Crippen LogP contribution in [0.4, 0.5) is 10.2 Å². The lowest BCUT2D eigenvalue weighted by molar-refractivity contribution is -0.120. The lowest BCUT2D eigenvalue weighted by Gasteiger charge is -2.18. The third kappa shape index (κ3) is 4.36. The van der Waals surface area contributed by atoms with Gasteiger partial charge >= 0.3 is 0 Å². The summed E-state index contributed by atoms with van der Waals surface area (Å²) in [6, 6.07) is 4.16. The first kappa shape index (κ1) is 20.2. The van der Waals surface area contributed by atoms with Gasteiger partial charge in [0.05, 0.1) is 7.11 Å². The standard InChI is InChI=1S/C18H23FN4O4/c1-20-14(24)8-9-23(4)18(25)15-16(27-21-17(15)22(2)3)11-6-7-12(19)13(10-11)26-5/h6-7,10H,8-9H2,1-5H3,(H,20,24). The average molecular weight is 378 g/mol. The van der Waals surface area contributed by atoms with E-state index < -0.39 is 5.82 Å². The van der Waals surface area contributed by atoms with Gasteiger partial charge in [0.15, 0.2) is 23.1 Å². The van der Waals surface area contributed by atoms with Gasteiger partial charge in [-0.3, -0.25) is 9.59 Å². The number of rotatable bonds is 7. The summed E-state index contributed by atoms with van der Waals surface area (Å²) in [5.41, 5.74) is 0.685. The highest BCUT2D eigenvalue weighted by molar-refractivity contribution is 6.04. The molecule has 2 aromatic rings. The number of hydrogen-bond donors (Lipinski definition) is 1. The van der Waals surface area contributed by atoms with Crippen LogP contribution in [0.25, 0.3) is 11.3 Å². The Bertz CT molecular complexity index is 835. The second-order valence-electron chi connectivity index (χ2n) is 6.10. The van der Waals surface area contributed by atoms with E-state index in [1.807, 2.05) is 0 Å². The highest BCUT2D eigenvalue weighted by Gasteiger charge is 2.28. The largest absolute Gasteiger partial charge is 0.494 e. The molecule has 9 heteroatoms. The van der Waals surface area contributed by atoms with Crippen molar-refractivity contribution in [2.24, 2.45) is 0 Å². The molecule has 8 nitrogen and oxygen atoms in total. The summed E-state index contributed by atoms with van der Waals surface area (Å²) >= 11 is 0. The van der Waals surface area contributed by atoms with Crippen molar-refractivity contribution in [1.29, 1.82) is 0 Å². The molecule has 2 rings (SSSR count). The van der Waals surface area contributed by atoms with E-state index in [2.05, 4.69) is 10.5 Å². The molecule has 1 aromatic carbocycles. The van der Waals surface area contributed by atoms with Crippen LogP contribution < -0.4 is 15.0 Å². The van der Waals surface area contributed by atoms with Gasteiger partial charge in [-0.2, -0.15) is 0 Å². The maximum atomic E-state index is 13.7. The average Bonchev–Trinajstić information content (AvgIpc) is 3.10. The summed E-state index contributed by atoms with van der Waals surface area (Å²) in [6.45, 7) is 0.225. The fraction of sp³-hybridized carbons (Fsp3) is 0.389. The summed E-state index contributed by atoms with van der Waals surface area (Å²) in [6.07, 6.45) is 0.168. The van der Waals surface area contributed by atoms with Crippen molar-refractivity contribution < 1.29 is 23.2 Å². The Morgan fingerprint density at radius 1 is 1.30 bits per heavy atom. The van der Waals surface area contributed by atoms with Crippen molar-refractivity contribution in [2.75, 3.05) is 46.7 Å². The van der Waals surface area contributed by atoms with Crippen molar-refractivity contribution in [3.8, 4) is 17.1 Å². The van der Waals surface area contributed by atoms with E-state index in [-0.39, 0.29) is 41.9 Å². The number of hydrogen-bond acceptors (Lipinski definition) is 6. The summed E-state index contributed by atoms with van der Waals surface area (Å²) in [4.78, 5) is 27.5. The monoisotopic (exact) mass is 378 g/mol. The zero-order valence-corrected chi connectivity index (χ0v) is 16.0. The lowest BCUT2D eigenvalue weighted by atomic mass is 10.1. The summed E-state index contributed by atoms with van der Waals surface area (Å²) < 4.78 is 24.1. The number of halogens is 1. The highest BCUT2D eigenvalue weighted by atomic mass is 19.1. The molecule has 0 aliphatic rings. The number of nitrogens with one attached hydrogen (secondary N) is 1. The van der Waals surface area contributed by atoms with E-state index in [0.29, 0.717) is 11.4 Å². The normalized spacial score (nSPS) is 10.4. The zero-order valence-electron chi connectivity index (χ0n) is 16.0. The van der Waals surface area contributed by atoms with Gasteiger partial charge in [0, 0.05) is 46.7 Å². The first-order valence-corrected chi connectivity index (χ1v) is 8.27. The molecule has 27 heavy (non-hydrogen) atoms. The molecule has 0 saturated carbocycles. The van der Waals surface area contributed by atoms with Gasteiger partial charge in [-0.1, -0.05) is 5.16 Å². The summed E-state index contributed by atoms with van der Waals surface area (Å²) in [7, 11) is 7.94. The van der Waals surface area contributed by atoms with Gasteiger partial charge in [-0.05, 0) is 18.2 Å². The Kier molecular flexibility index (Phi) is 6.38. The molecule has 0 aliphatic carbocycles. The Morgan fingerprint density at radius 3 is 2.59 bits per heavy atom. The van der Waals surface area contributed by atoms with E-state index in [1.54, 1.807) is 26.0 Å². The lowest BCUT2D eigenvalue weighted by Crippen LogP contribution is -2.32. The Hall–Kier alpha value is -3.10. The van der Waals surface area contributed by atoms with Crippen LogP contribution in [-0.2, 0) is 4.79 Å². The second-order valence-corrected chi connectivity index (χ2v) is 6.10. The van der Waals surface area contributed by atoms with Crippen LogP contribution in [0.5, 0.6) is 5.75 Å². The van der Waals surface area contributed by atoms with E-state index in [1.165, 1.54) is 37.3 Å². The number of anilines is 1. The molecular weight excluding hydrogens is 355 g/mol. The number of carbonyl (C=O) groups is 2. The molecular formula is C18H23FN4O4. The SMILES string of the molecule is CNC(=O)CCN(C)C(=O)c1c(N(C)C)noc1-c1ccc(F)c(OC)c1. The molecule has 146 valence electrons. The van der Waals surface area contributed by atoms with Gasteiger partial charge in [-0.25, -0.2) is 4.39 Å². The first-order valence-electron chi connectivity index (χ1n) is 8.27. The third-order valence-electron chi connectivity index (χ3n) is 4.02. The smallest absolute Gasteiger partial charge is 0.261 e. The molecule has 0 bridgehead atoms. The summed E-state index contributed by atoms with van der Waals surface area (Å²) in [5.74, 6) is -0.483. The van der Waals surface area contributed by atoms with Gasteiger partial charge in [-0.15, -0.1) is 0 Å². The molecule has 0 radical (unpaired) electrons. The Labute approximate surface area is 156 Å². The van der Waals surface area contributed by atoms with Crippen molar-refractivity contribution >= 4 is 17.6 Å². The predicted molar refractivity (Wildman–Crippen MR) is 98.4 cm³/mol. The van der Waals surface area contributed by atoms with Crippen molar-refractivity contribution in [2.45, 2.75) is 6.42 Å². The van der Waals surface area contributed by atoms with Crippen molar-refractivity contribution in [3.63, 3.8) is 0 Å². The quantitative estimate of drug-likeness (QED) is 0.790. The van der Waals surface area contributed by atoms with Crippen LogP contribution in [0.15, 0.2) is 22.7 Å². The number of carbonyl (C=O) groups excluding carboxylic acids is 2. The first-order chi connectivity index (χ1) is 12.8. The highest BCUT2D eigenvalue weighted by Crippen LogP contribution is 2.34. The fourth-order valence-electron chi connectivity index (χ4n) is 2.46. The van der Waals surface area contributed by atoms with Gasteiger partial charge < -0.3 is 24.4 Å². The number of ether oxygens (including phenoxy) is 1. The van der Waals surface area contributed by atoms with Gasteiger partial charge in [0.25, 0.3) is 5.91 Å². The number of nitrogens with zero attached hydrogens (tertiary/aromatic N) is 3. The Balaban J connectivity index is 2.44. The van der Waals surface area contributed by atoms with Crippen LogP contribution in [0.1, 0.15) is 16.8 Å². The molecule has 0 spiro atoms. The molecule has 0 saturated heterocycles. The van der Waals surface area contributed by atoms with Crippen LogP contribution in [0.2, 0.25) is 0 Å². The number of benzene rings is 1. The topological polar surface area (TPSA) is 87.9 Å². The van der Waals surface area contributed by atoms with E-state index >= 15 is 0 Å². The van der Waals surface area contributed by atoms with Crippen LogP contribution >= 0.6 is 0 Å². The maximum Gasteiger partial charge on any atom is 0.261 e. The zero-order chi connectivity index (χ0) is 20.1. The third-order valence-corrected chi connectivity index (χ3v) is 4.02. The number of methoxy groups -OCH3 is 1. The van der Waals surface area contributed by atoms with Crippen LogP contribution in [0, 0.1) is 5.82 Å². The van der Waals surface area contributed by atoms with Gasteiger partial charge in [0.2, 0.25) is 5.91 Å². The van der Waals surface area contributed by atoms with E-state index in [4.69, 9.17) is 9.26 Å². The number of aromatic nitrogens is 1. The second kappa shape index (κ2) is 8.52. The molecule has 0 fully saturated rings. The van der Waals surface area contributed by atoms with Crippen LogP contribution in [-0.4, -0.2) is 63.7 Å². The molecule has 1 heterocycles. The minimum Gasteiger partial charge on any atom is -0.494 e. The molecule has 0 unspecified atom stereocenters. The van der Waals surface area contributed by atoms with Crippen LogP contribution in [0.3, 0.4) is 0 Å². The summed E-state index contributed by atoms with van der Waals surface area (Å²) in [5, 5.41) is 6.49. The van der Waals surface area contributed by atoms with E-state index in [0.717, 1.165) is 0 Å². The molecule has 1 aromatic heterocycles. The minimum atomic E-state index is -0.524. The molecule has 0 atom stereocenters. The Morgan fingerprint density at radius 2 is 2.00 bits per heavy atom. The predicted octanol–water partition coefficient (Wildman–Crippen LogP) is 1.76. The number of amides is 2. The molecule has 0 aliphatic heterocycles. The molecule has 2 amide bonds. The molecule has 1 N–H and O–H groups in total. The van der Waals surface area contributed by atoms with Crippen molar-refractivity contribution in [1.82, 2.24) is 15.4 Å². The van der Waals surface area contributed by atoms with Gasteiger partial charge in [0.1, 0.15) is 5.56 Å². The minimum absolute atomic E-state index is 0.0293.